The molecule has 1 aliphatic rings. The van der Waals surface area contributed by atoms with Gasteiger partial charge in [0.05, 0.1) is 6.54 Å². The summed E-state index contributed by atoms with van der Waals surface area (Å²) < 4.78 is 5.84. The molecular weight excluding hydrogens is 324 g/mol. The minimum Gasteiger partial charge on any atom is -0.472 e. The van der Waals surface area contributed by atoms with Gasteiger partial charge in [0.1, 0.15) is 6.10 Å². The summed E-state index contributed by atoms with van der Waals surface area (Å²) in [5, 5.41) is 0.634. The van der Waals surface area contributed by atoms with Crippen molar-refractivity contribution < 1.29 is 9.53 Å². The zero-order chi connectivity index (χ0) is 16.9. The second-order valence-corrected chi connectivity index (χ2v) is 6.25. The number of likely N-dealkylation sites (tertiary alicyclic amines) is 1. The van der Waals surface area contributed by atoms with E-state index in [0.717, 1.165) is 17.5 Å². The Morgan fingerprint density at radius 3 is 2.92 bits per heavy atom. The summed E-state index contributed by atoms with van der Waals surface area (Å²) in [5.41, 5.74) is 1.93. The highest BCUT2D eigenvalue weighted by atomic mass is 35.5. The number of amides is 1. The standard InChI is InChI=1S/C19H19ClN2O2/c1-14-6-8-18(21-12-14)24-16-10-11-22(13-16)19(23)9-7-15-4-2-3-5-17(15)20/h2-9,12,16H,10-11,13H2,1H3/b9-7+. The van der Waals surface area contributed by atoms with Crippen LogP contribution in [0.2, 0.25) is 5.02 Å². The normalized spacial score (nSPS) is 17.4. The molecule has 0 N–H and O–H groups in total. The van der Waals surface area contributed by atoms with Gasteiger partial charge in [0.2, 0.25) is 11.8 Å². The van der Waals surface area contributed by atoms with E-state index >= 15 is 0 Å². The van der Waals surface area contributed by atoms with Crippen molar-refractivity contribution in [3.05, 3.63) is 64.8 Å². The van der Waals surface area contributed by atoms with Crippen LogP contribution in [0.1, 0.15) is 17.5 Å². The van der Waals surface area contributed by atoms with Gasteiger partial charge in [-0.2, -0.15) is 0 Å². The van der Waals surface area contributed by atoms with Gasteiger partial charge in [-0.25, -0.2) is 4.98 Å². The molecule has 5 heteroatoms. The Morgan fingerprint density at radius 1 is 1.33 bits per heavy atom. The third-order valence-electron chi connectivity index (χ3n) is 3.94. The zero-order valence-electron chi connectivity index (χ0n) is 13.5. The number of aryl methyl sites for hydroxylation is 1. The average Bonchev–Trinajstić information content (AvgIpc) is 3.05. The van der Waals surface area contributed by atoms with Gasteiger partial charge in [-0.3, -0.25) is 4.79 Å². The summed E-state index contributed by atoms with van der Waals surface area (Å²) in [6.07, 6.45) is 5.88. The van der Waals surface area contributed by atoms with Crippen molar-refractivity contribution in [2.24, 2.45) is 0 Å². The number of hydrogen-bond acceptors (Lipinski definition) is 3. The van der Waals surface area contributed by atoms with Gasteiger partial charge in [0.25, 0.3) is 0 Å². The molecule has 1 aromatic carbocycles. The molecule has 2 aromatic rings. The van der Waals surface area contributed by atoms with Gasteiger partial charge in [0.15, 0.2) is 0 Å². The lowest BCUT2D eigenvalue weighted by atomic mass is 10.2. The van der Waals surface area contributed by atoms with Crippen molar-refractivity contribution in [2.45, 2.75) is 19.4 Å². The second-order valence-electron chi connectivity index (χ2n) is 5.84. The van der Waals surface area contributed by atoms with Crippen molar-refractivity contribution in [1.82, 2.24) is 9.88 Å². The highest BCUT2D eigenvalue weighted by Gasteiger charge is 2.26. The fourth-order valence-electron chi connectivity index (χ4n) is 2.60. The number of ether oxygens (including phenoxy) is 1. The number of benzene rings is 1. The molecule has 1 fully saturated rings. The number of carbonyl (C=O) groups is 1. The number of aromatic nitrogens is 1. The van der Waals surface area contributed by atoms with Crippen LogP contribution in [0.3, 0.4) is 0 Å². The maximum Gasteiger partial charge on any atom is 0.246 e. The van der Waals surface area contributed by atoms with Crippen molar-refractivity contribution in [1.29, 1.82) is 0 Å². The maximum atomic E-state index is 12.3. The summed E-state index contributed by atoms with van der Waals surface area (Å²) in [6.45, 7) is 3.24. The lowest BCUT2D eigenvalue weighted by molar-refractivity contribution is -0.125. The Kier molecular flexibility index (Phi) is 5.16. The monoisotopic (exact) mass is 342 g/mol. The van der Waals surface area contributed by atoms with E-state index in [1.54, 1.807) is 29.3 Å². The predicted molar refractivity (Wildman–Crippen MR) is 95.1 cm³/mol. The Morgan fingerprint density at radius 2 is 2.17 bits per heavy atom. The van der Waals surface area contributed by atoms with E-state index in [1.165, 1.54) is 0 Å². The molecule has 1 amide bonds. The molecule has 0 aliphatic carbocycles. The molecule has 0 bridgehead atoms. The van der Waals surface area contributed by atoms with Gasteiger partial charge in [-0.15, -0.1) is 0 Å². The summed E-state index contributed by atoms with van der Waals surface area (Å²) >= 11 is 6.09. The summed E-state index contributed by atoms with van der Waals surface area (Å²) in [6, 6.07) is 11.3. The number of carbonyl (C=O) groups excluding carboxylic acids is 1. The van der Waals surface area contributed by atoms with E-state index in [1.807, 2.05) is 37.3 Å². The van der Waals surface area contributed by atoms with Crippen molar-refractivity contribution in [2.75, 3.05) is 13.1 Å². The Balaban J connectivity index is 1.56. The Bertz CT molecular complexity index is 743. The SMILES string of the molecule is Cc1ccc(OC2CCN(C(=O)/C=C/c3ccccc3Cl)C2)nc1. The van der Waals surface area contributed by atoms with E-state index in [-0.39, 0.29) is 12.0 Å². The molecule has 0 spiro atoms. The molecule has 2 heterocycles. The average molecular weight is 343 g/mol. The van der Waals surface area contributed by atoms with E-state index < -0.39 is 0 Å². The summed E-state index contributed by atoms with van der Waals surface area (Å²) in [5.74, 6) is 0.574. The lowest BCUT2D eigenvalue weighted by Crippen LogP contribution is -2.29. The van der Waals surface area contributed by atoms with Gasteiger partial charge in [0, 0.05) is 36.3 Å². The Hall–Kier alpha value is -2.33. The molecule has 24 heavy (non-hydrogen) atoms. The first-order valence-electron chi connectivity index (χ1n) is 7.92. The number of rotatable bonds is 4. The zero-order valence-corrected chi connectivity index (χ0v) is 14.2. The molecule has 4 nitrogen and oxygen atoms in total. The van der Waals surface area contributed by atoms with Crippen LogP contribution in [-0.4, -0.2) is 35.0 Å². The first-order chi connectivity index (χ1) is 11.6. The van der Waals surface area contributed by atoms with Crippen LogP contribution in [0.5, 0.6) is 5.88 Å². The second kappa shape index (κ2) is 7.49. The first-order valence-corrected chi connectivity index (χ1v) is 8.30. The smallest absolute Gasteiger partial charge is 0.246 e. The molecule has 0 radical (unpaired) electrons. The number of hydrogen-bond donors (Lipinski definition) is 0. The molecule has 1 saturated heterocycles. The highest BCUT2D eigenvalue weighted by molar-refractivity contribution is 6.32. The van der Waals surface area contributed by atoms with Crippen LogP contribution in [0.4, 0.5) is 0 Å². The van der Waals surface area contributed by atoms with Gasteiger partial charge < -0.3 is 9.64 Å². The van der Waals surface area contributed by atoms with Gasteiger partial charge in [-0.1, -0.05) is 35.9 Å². The van der Waals surface area contributed by atoms with Crippen LogP contribution in [0.25, 0.3) is 6.08 Å². The maximum absolute atomic E-state index is 12.3. The lowest BCUT2D eigenvalue weighted by Gasteiger charge is -2.15. The molecule has 1 unspecified atom stereocenters. The predicted octanol–water partition coefficient (Wildman–Crippen LogP) is 3.74. The van der Waals surface area contributed by atoms with Crippen molar-refractivity contribution in [3.63, 3.8) is 0 Å². The van der Waals surface area contributed by atoms with Crippen molar-refractivity contribution in [3.8, 4) is 5.88 Å². The third kappa shape index (κ3) is 4.15. The number of nitrogens with zero attached hydrogens (tertiary/aromatic N) is 2. The molecule has 1 aliphatic heterocycles. The van der Waals surface area contributed by atoms with Crippen LogP contribution >= 0.6 is 11.6 Å². The minimum absolute atomic E-state index is 0.0159. The van der Waals surface area contributed by atoms with E-state index in [2.05, 4.69) is 4.98 Å². The fourth-order valence-corrected chi connectivity index (χ4v) is 2.79. The van der Waals surface area contributed by atoms with Gasteiger partial charge in [-0.05, 0) is 30.2 Å². The topological polar surface area (TPSA) is 42.4 Å². The fraction of sp³-hybridized carbons (Fsp3) is 0.263. The molecule has 1 aromatic heterocycles. The number of pyridine rings is 1. The van der Waals surface area contributed by atoms with E-state index in [0.29, 0.717) is 24.0 Å². The first kappa shape index (κ1) is 16.5. The molecule has 1 atom stereocenters. The van der Waals surface area contributed by atoms with Crippen LogP contribution in [0, 0.1) is 6.92 Å². The molecule has 0 saturated carbocycles. The summed E-state index contributed by atoms with van der Waals surface area (Å²) in [4.78, 5) is 18.3. The third-order valence-corrected chi connectivity index (χ3v) is 4.28. The van der Waals surface area contributed by atoms with E-state index in [9.17, 15) is 4.79 Å². The Labute approximate surface area is 146 Å². The number of halogens is 1. The van der Waals surface area contributed by atoms with Gasteiger partial charge >= 0.3 is 0 Å². The quantitative estimate of drug-likeness (QED) is 0.795. The van der Waals surface area contributed by atoms with Crippen LogP contribution in [0.15, 0.2) is 48.7 Å². The molecule has 3 rings (SSSR count). The molecular formula is C19H19ClN2O2. The van der Waals surface area contributed by atoms with Crippen LogP contribution in [-0.2, 0) is 4.79 Å². The minimum atomic E-state index is -0.0297. The van der Waals surface area contributed by atoms with Crippen molar-refractivity contribution >= 4 is 23.6 Å². The van der Waals surface area contributed by atoms with Crippen LogP contribution < -0.4 is 4.74 Å². The molecule has 124 valence electrons. The van der Waals surface area contributed by atoms with E-state index in [4.69, 9.17) is 16.3 Å². The summed E-state index contributed by atoms with van der Waals surface area (Å²) in [7, 11) is 0. The largest absolute Gasteiger partial charge is 0.472 e. The highest BCUT2D eigenvalue weighted by Crippen LogP contribution is 2.19.